The van der Waals surface area contributed by atoms with Crippen molar-refractivity contribution in [2.45, 2.75) is 110 Å². The van der Waals surface area contributed by atoms with Crippen LogP contribution < -0.4 is 0 Å². The van der Waals surface area contributed by atoms with Crippen molar-refractivity contribution in [2.24, 2.45) is 0 Å². The molecule has 12 heteroatoms. The van der Waals surface area contributed by atoms with E-state index in [0.29, 0.717) is 45.2 Å². The molecule has 7 rings (SSSR count). The number of fused-ring (bicyclic) bond motifs is 5. The van der Waals surface area contributed by atoms with Crippen LogP contribution in [0.2, 0.25) is 0 Å². The summed E-state index contributed by atoms with van der Waals surface area (Å²) in [6.07, 6.45) is 5.27. The van der Waals surface area contributed by atoms with Gasteiger partial charge in [0.1, 0.15) is 22.9 Å². The predicted octanol–water partition coefficient (Wildman–Crippen LogP) is 8.58. The van der Waals surface area contributed by atoms with Gasteiger partial charge in [-0.1, -0.05) is 48.5 Å². The summed E-state index contributed by atoms with van der Waals surface area (Å²) in [6, 6.07) is 16.3. The van der Waals surface area contributed by atoms with E-state index in [0.717, 1.165) is 70.8 Å². The first-order valence-corrected chi connectivity index (χ1v) is 18.8. The maximum absolute atomic E-state index is 13.3. The van der Waals surface area contributed by atoms with Crippen LogP contribution >= 0.6 is 0 Å². The van der Waals surface area contributed by atoms with Crippen molar-refractivity contribution in [1.29, 1.82) is 0 Å². The molecule has 2 amide bonds. The van der Waals surface area contributed by atoms with Crippen LogP contribution in [0.15, 0.2) is 54.7 Å². The summed E-state index contributed by atoms with van der Waals surface area (Å²) >= 11 is 0. The molecule has 3 aliphatic rings. The van der Waals surface area contributed by atoms with E-state index < -0.39 is 11.2 Å². The molecule has 0 radical (unpaired) electrons. The van der Waals surface area contributed by atoms with E-state index in [9.17, 15) is 9.59 Å². The van der Waals surface area contributed by atoms with Gasteiger partial charge in [-0.3, -0.25) is 9.80 Å². The van der Waals surface area contributed by atoms with E-state index in [1.807, 2.05) is 47.7 Å². The first-order chi connectivity index (χ1) is 25.3. The zero-order valence-corrected chi connectivity index (χ0v) is 31.7. The number of amides is 2. The summed E-state index contributed by atoms with van der Waals surface area (Å²) in [4.78, 5) is 46.4. The van der Waals surface area contributed by atoms with Crippen LogP contribution in [-0.2, 0) is 25.6 Å². The highest BCUT2D eigenvalue weighted by Crippen LogP contribution is 2.37. The number of H-pyrrole nitrogens is 2. The van der Waals surface area contributed by atoms with E-state index >= 15 is 0 Å². The number of hydrogen-bond acceptors (Lipinski definition) is 8. The number of ether oxygens (including phenoxy) is 4. The first kappa shape index (κ1) is 36.7. The fourth-order valence-electron chi connectivity index (χ4n) is 7.27. The molecule has 0 spiro atoms. The fourth-order valence-corrected chi connectivity index (χ4v) is 7.27. The van der Waals surface area contributed by atoms with Crippen LogP contribution in [0.4, 0.5) is 9.59 Å². The SMILES string of the molecule is CC(C)(C)OC(=O)N1CCC[C@H]1c1ncc(-c2ccc(-c3ccc(-c4nc5[nH]c4COCCCCO[C@H]4C[C@@H]5N(C(=O)OC(C)(C)C)C4)cc3)cc2)[nH]1. The smallest absolute Gasteiger partial charge is 0.411 e. The molecular formula is C41H52N6O6. The van der Waals surface area contributed by atoms with E-state index in [4.69, 9.17) is 23.9 Å². The highest BCUT2D eigenvalue weighted by Gasteiger charge is 2.41. The maximum Gasteiger partial charge on any atom is 0.411 e. The number of imidazole rings is 2. The molecule has 4 bridgehead atoms. The number of aromatic amines is 2. The van der Waals surface area contributed by atoms with Crippen LogP contribution in [0.5, 0.6) is 0 Å². The van der Waals surface area contributed by atoms with E-state index in [2.05, 4.69) is 63.5 Å². The standard InChI is InChI=1S/C41H52N6O6/c1-40(2,3)52-38(48)46-19-9-10-33(46)36-42-23-31(43-36)28-15-11-26(12-16-28)27-13-17-29(18-14-27)35-32-25-50-20-7-8-21-51-30-22-34(37(44-32)45-35)47(24-30)39(49)53-41(4,5)6/h11-18,23,30,33-34H,7-10,19-22,24-25H2,1-6H3,(H,42,43)(H,44,45)/t30-,33-,34-/m0/s1. The second kappa shape index (κ2) is 15.0. The number of aromatic nitrogens is 4. The maximum atomic E-state index is 13.3. The molecule has 2 fully saturated rings. The number of nitrogens with one attached hydrogen (secondary N) is 2. The third-order valence-corrected chi connectivity index (χ3v) is 9.77. The number of carbonyl (C=O) groups excluding carboxylic acids is 2. The molecular weight excluding hydrogens is 672 g/mol. The normalized spacial score (nSPS) is 21.1. The summed E-state index contributed by atoms with van der Waals surface area (Å²) in [7, 11) is 0. The zero-order valence-electron chi connectivity index (χ0n) is 31.7. The van der Waals surface area contributed by atoms with E-state index in [1.165, 1.54) is 0 Å². The molecule has 53 heavy (non-hydrogen) atoms. The van der Waals surface area contributed by atoms with Crippen LogP contribution in [0, 0.1) is 0 Å². The van der Waals surface area contributed by atoms with E-state index in [-0.39, 0.29) is 30.4 Å². The zero-order chi connectivity index (χ0) is 37.3. The van der Waals surface area contributed by atoms with Gasteiger partial charge in [-0.25, -0.2) is 19.6 Å². The van der Waals surface area contributed by atoms with Gasteiger partial charge in [-0.05, 0) is 83.9 Å². The Morgan fingerprint density at radius 2 is 1.38 bits per heavy atom. The summed E-state index contributed by atoms with van der Waals surface area (Å²) < 4.78 is 23.7. The Hall–Kier alpha value is -4.68. The minimum absolute atomic E-state index is 0.0889. The van der Waals surface area contributed by atoms with Crippen LogP contribution in [-0.4, -0.2) is 85.5 Å². The quantitative estimate of drug-likeness (QED) is 0.214. The van der Waals surface area contributed by atoms with Crippen LogP contribution in [0.3, 0.4) is 0 Å². The van der Waals surface area contributed by atoms with Gasteiger partial charge in [0.05, 0.1) is 54.6 Å². The molecule has 0 saturated carbocycles. The predicted molar refractivity (Wildman–Crippen MR) is 201 cm³/mol. The van der Waals surface area contributed by atoms with Gasteiger partial charge < -0.3 is 28.9 Å². The van der Waals surface area contributed by atoms with Gasteiger partial charge in [0.25, 0.3) is 0 Å². The molecule has 282 valence electrons. The minimum Gasteiger partial charge on any atom is -0.444 e. The number of likely N-dealkylation sites (tertiary alicyclic amines) is 2. The van der Waals surface area contributed by atoms with Gasteiger partial charge >= 0.3 is 12.2 Å². The monoisotopic (exact) mass is 724 g/mol. The van der Waals surface area contributed by atoms with Crippen molar-refractivity contribution < 1.29 is 28.5 Å². The van der Waals surface area contributed by atoms with Crippen molar-refractivity contribution in [3.8, 4) is 33.6 Å². The Morgan fingerprint density at radius 3 is 2.06 bits per heavy atom. The average Bonchev–Trinajstić information content (AvgIpc) is 3.92. The van der Waals surface area contributed by atoms with Crippen molar-refractivity contribution in [2.75, 3.05) is 26.3 Å². The van der Waals surface area contributed by atoms with Gasteiger partial charge in [0.2, 0.25) is 0 Å². The lowest BCUT2D eigenvalue weighted by atomic mass is 10.0. The molecule has 2 N–H and O–H groups in total. The molecule has 12 nitrogen and oxygen atoms in total. The first-order valence-electron chi connectivity index (χ1n) is 18.8. The Morgan fingerprint density at radius 1 is 0.755 bits per heavy atom. The molecule has 0 unspecified atom stereocenters. The topological polar surface area (TPSA) is 135 Å². The Kier molecular flexibility index (Phi) is 10.4. The number of carbonyl (C=O) groups is 2. The molecule has 4 aromatic rings. The number of nitrogens with zero attached hydrogens (tertiary/aromatic N) is 4. The number of hydrogen-bond donors (Lipinski definition) is 2. The largest absolute Gasteiger partial charge is 0.444 e. The van der Waals surface area contributed by atoms with Crippen LogP contribution in [0.1, 0.15) is 103 Å². The molecule has 5 heterocycles. The average molecular weight is 725 g/mol. The van der Waals surface area contributed by atoms with Gasteiger partial charge in [-0.2, -0.15) is 0 Å². The molecule has 2 aromatic carbocycles. The van der Waals surface area contributed by atoms with Crippen LogP contribution in [0.25, 0.3) is 33.6 Å². The van der Waals surface area contributed by atoms with Crippen molar-refractivity contribution in [1.82, 2.24) is 29.7 Å². The molecule has 2 aromatic heterocycles. The lowest BCUT2D eigenvalue weighted by Gasteiger charge is -2.27. The highest BCUT2D eigenvalue weighted by atomic mass is 16.6. The summed E-state index contributed by atoms with van der Waals surface area (Å²) in [5.74, 6) is 1.48. The molecule has 0 aliphatic carbocycles. The Bertz CT molecular complexity index is 1890. The number of benzene rings is 2. The fraction of sp³-hybridized carbons (Fsp3) is 0.512. The number of rotatable bonds is 4. The summed E-state index contributed by atoms with van der Waals surface area (Å²) in [5, 5.41) is 0. The molecule has 2 saturated heterocycles. The van der Waals surface area contributed by atoms with Crippen molar-refractivity contribution >= 4 is 12.2 Å². The van der Waals surface area contributed by atoms with Crippen molar-refractivity contribution in [3.05, 3.63) is 72.1 Å². The Balaban J connectivity index is 1.08. The van der Waals surface area contributed by atoms with Crippen molar-refractivity contribution in [3.63, 3.8) is 0 Å². The Labute approximate surface area is 311 Å². The second-order valence-electron chi connectivity index (χ2n) is 16.3. The second-order valence-corrected chi connectivity index (χ2v) is 16.3. The third-order valence-electron chi connectivity index (χ3n) is 9.77. The summed E-state index contributed by atoms with van der Waals surface area (Å²) in [5.41, 5.74) is 5.58. The lowest BCUT2D eigenvalue weighted by molar-refractivity contribution is 0.0151. The van der Waals surface area contributed by atoms with E-state index in [1.54, 1.807) is 9.80 Å². The third kappa shape index (κ3) is 8.60. The lowest BCUT2D eigenvalue weighted by Crippen LogP contribution is -2.37. The highest BCUT2D eigenvalue weighted by molar-refractivity contribution is 5.73. The van der Waals surface area contributed by atoms with Gasteiger partial charge in [0, 0.05) is 31.7 Å². The molecule has 3 atom stereocenters. The minimum atomic E-state index is -0.610. The summed E-state index contributed by atoms with van der Waals surface area (Å²) in [6.45, 7) is 14.1. The van der Waals surface area contributed by atoms with Gasteiger partial charge in [-0.15, -0.1) is 0 Å². The van der Waals surface area contributed by atoms with Gasteiger partial charge in [0.15, 0.2) is 0 Å². The molecule has 3 aliphatic heterocycles.